The minimum Gasteiger partial charge on any atom is -0.496 e. The molecule has 2 heterocycles. The van der Waals surface area contributed by atoms with Gasteiger partial charge in [-0.05, 0) is 23.6 Å². The number of ether oxygens (including phenoxy) is 1. The van der Waals surface area contributed by atoms with E-state index < -0.39 is 0 Å². The number of hydrogen-bond donors (Lipinski definition) is 1. The quantitative estimate of drug-likeness (QED) is 0.903. The second-order valence-electron chi connectivity index (χ2n) is 7.27. The summed E-state index contributed by atoms with van der Waals surface area (Å²) in [5, 5.41) is 3.46. The smallest absolute Gasteiger partial charge is 0.237 e. The molecule has 5 nitrogen and oxygen atoms in total. The number of hydrogen-bond acceptors (Lipinski definition) is 4. The minimum absolute atomic E-state index is 0.149. The van der Waals surface area contributed by atoms with Crippen LogP contribution in [0.4, 0.5) is 0 Å². The molecule has 27 heavy (non-hydrogen) atoms. The van der Waals surface area contributed by atoms with Gasteiger partial charge in [0.05, 0.1) is 19.7 Å². The Hall–Kier alpha value is -2.37. The summed E-state index contributed by atoms with van der Waals surface area (Å²) in [6.45, 7) is 4.57. The Balaban J connectivity index is 1.48. The maximum Gasteiger partial charge on any atom is 0.237 e. The predicted octanol–water partition coefficient (Wildman–Crippen LogP) is 2.23. The zero-order valence-electron chi connectivity index (χ0n) is 15.9. The van der Waals surface area contributed by atoms with E-state index in [2.05, 4.69) is 40.5 Å². The Morgan fingerprint density at radius 3 is 2.74 bits per heavy atom. The van der Waals surface area contributed by atoms with Crippen LogP contribution in [0.5, 0.6) is 5.75 Å². The van der Waals surface area contributed by atoms with Crippen LogP contribution in [0.3, 0.4) is 0 Å². The van der Waals surface area contributed by atoms with E-state index in [1.165, 1.54) is 11.1 Å². The van der Waals surface area contributed by atoms with Gasteiger partial charge >= 0.3 is 0 Å². The first-order chi connectivity index (χ1) is 13.3. The van der Waals surface area contributed by atoms with Crippen molar-refractivity contribution in [2.24, 2.45) is 0 Å². The van der Waals surface area contributed by atoms with Gasteiger partial charge in [0.25, 0.3) is 0 Å². The lowest BCUT2D eigenvalue weighted by atomic mass is 9.99. The monoisotopic (exact) mass is 365 g/mol. The van der Waals surface area contributed by atoms with Crippen molar-refractivity contribution >= 4 is 5.91 Å². The molecule has 0 spiro atoms. The molecule has 2 aliphatic rings. The Morgan fingerprint density at radius 1 is 1.11 bits per heavy atom. The Kier molecular flexibility index (Phi) is 5.41. The Labute approximate surface area is 160 Å². The number of nitrogens with zero attached hydrogens (tertiary/aromatic N) is 2. The van der Waals surface area contributed by atoms with Crippen molar-refractivity contribution in [3.8, 4) is 5.75 Å². The first-order valence-corrected chi connectivity index (χ1v) is 9.68. The summed E-state index contributed by atoms with van der Waals surface area (Å²) in [7, 11) is 1.70. The number of carbonyl (C=O) groups is 1. The third kappa shape index (κ3) is 3.84. The van der Waals surface area contributed by atoms with E-state index in [-0.39, 0.29) is 11.9 Å². The number of fused-ring (bicyclic) bond motifs is 1. The Bertz CT molecular complexity index is 808. The average molecular weight is 365 g/mol. The summed E-state index contributed by atoms with van der Waals surface area (Å²) in [5.41, 5.74) is 3.79. The molecule has 1 amide bonds. The van der Waals surface area contributed by atoms with E-state index in [1.54, 1.807) is 7.11 Å². The van der Waals surface area contributed by atoms with Crippen LogP contribution in [-0.2, 0) is 17.8 Å². The molecule has 0 bridgehead atoms. The van der Waals surface area contributed by atoms with Gasteiger partial charge in [0.2, 0.25) is 5.91 Å². The number of carbonyl (C=O) groups excluding carboxylic acids is 1. The fourth-order valence-electron chi connectivity index (χ4n) is 4.17. The zero-order valence-corrected chi connectivity index (χ0v) is 15.9. The lowest BCUT2D eigenvalue weighted by Crippen LogP contribution is -2.50. The summed E-state index contributed by atoms with van der Waals surface area (Å²) in [4.78, 5) is 17.3. The predicted molar refractivity (Wildman–Crippen MR) is 106 cm³/mol. The van der Waals surface area contributed by atoms with Crippen molar-refractivity contribution in [3.63, 3.8) is 0 Å². The van der Waals surface area contributed by atoms with Gasteiger partial charge in [0.15, 0.2) is 0 Å². The van der Waals surface area contributed by atoms with Crippen molar-refractivity contribution in [3.05, 3.63) is 65.2 Å². The molecule has 5 heteroatoms. The van der Waals surface area contributed by atoms with Crippen LogP contribution in [-0.4, -0.2) is 55.5 Å². The van der Waals surface area contributed by atoms with E-state index in [0.717, 1.165) is 50.5 Å². The molecule has 2 aromatic carbocycles. The third-order valence-corrected chi connectivity index (χ3v) is 5.67. The second-order valence-corrected chi connectivity index (χ2v) is 7.27. The van der Waals surface area contributed by atoms with Gasteiger partial charge in [0.1, 0.15) is 5.75 Å². The molecule has 0 radical (unpaired) electrons. The number of rotatable bonds is 4. The van der Waals surface area contributed by atoms with Gasteiger partial charge in [0, 0.05) is 38.3 Å². The second kappa shape index (κ2) is 8.11. The number of methoxy groups -OCH3 is 1. The highest BCUT2D eigenvalue weighted by molar-refractivity contribution is 5.78. The maximum atomic E-state index is 13.0. The van der Waals surface area contributed by atoms with Crippen molar-refractivity contribution in [2.45, 2.75) is 19.0 Å². The first-order valence-electron chi connectivity index (χ1n) is 9.68. The SMILES string of the molecule is COc1ccccc1C1CNCCN1CC(=O)N1CCc2ccccc2C1. The van der Waals surface area contributed by atoms with Crippen LogP contribution >= 0.6 is 0 Å². The molecule has 0 aromatic heterocycles. The lowest BCUT2D eigenvalue weighted by molar-refractivity contribution is -0.134. The molecular formula is C22H27N3O2. The molecule has 1 fully saturated rings. The van der Waals surface area contributed by atoms with Gasteiger partial charge < -0.3 is 15.0 Å². The topological polar surface area (TPSA) is 44.8 Å². The lowest BCUT2D eigenvalue weighted by Gasteiger charge is -2.38. The van der Waals surface area contributed by atoms with Crippen LogP contribution in [0.1, 0.15) is 22.7 Å². The van der Waals surface area contributed by atoms with Crippen LogP contribution < -0.4 is 10.1 Å². The molecular weight excluding hydrogens is 338 g/mol. The summed E-state index contributed by atoms with van der Waals surface area (Å²) >= 11 is 0. The number of piperazine rings is 1. The molecule has 0 saturated carbocycles. The highest BCUT2D eigenvalue weighted by atomic mass is 16.5. The van der Waals surface area contributed by atoms with Crippen molar-refractivity contribution < 1.29 is 9.53 Å². The van der Waals surface area contributed by atoms with Crippen molar-refractivity contribution in [2.75, 3.05) is 39.8 Å². The first kappa shape index (κ1) is 18.0. The van der Waals surface area contributed by atoms with E-state index in [1.807, 2.05) is 23.1 Å². The van der Waals surface area contributed by atoms with Crippen LogP contribution in [0.25, 0.3) is 0 Å². The van der Waals surface area contributed by atoms with E-state index in [4.69, 9.17) is 4.74 Å². The Morgan fingerprint density at radius 2 is 1.89 bits per heavy atom. The largest absolute Gasteiger partial charge is 0.496 e. The van der Waals surface area contributed by atoms with E-state index in [9.17, 15) is 4.79 Å². The number of nitrogens with one attached hydrogen (secondary N) is 1. The molecule has 1 saturated heterocycles. The molecule has 0 aliphatic carbocycles. The van der Waals surface area contributed by atoms with Crippen LogP contribution in [0.2, 0.25) is 0 Å². The van der Waals surface area contributed by atoms with E-state index >= 15 is 0 Å². The summed E-state index contributed by atoms with van der Waals surface area (Å²) in [6.07, 6.45) is 0.944. The third-order valence-electron chi connectivity index (χ3n) is 5.67. The molecule has 1 atom stereocenters. The number of amides is 1. The highest BCUT2D eigenvalue weighted by Gasteiger charge is 2.29. The van der Waals surface area contributed by atoms with Gasteiger partial charge in [-0.25, -0.2) is 0 Å². The van der Waals surface area contributed by atoms with E-state index in [0.29, 0.717) is 6.54 Å². The van der Waals surface area contributed by atoms with Crippen molar-refractivity contribution in [1.82, 2.24) is 15.1 Å². The normalized spacial score (nSPS) is 20.2. The van der Waals surface area contributed by atoms with Crippen LogP contribution in [0, 0.1) is 0 Å². The van der Waals surface area contributed by atoms with Crippen LogP contribution in [0.15, 0.2) is 48.5 Å². The number of benzene rings is 2. The van der Waals surface area contributed by atoms with Gasteiger partial charge in [-0.1, -0.05) is 42.5 Å². The van der Waals surface area contributed by atoms with Crippen molar-refractivity contribution in [1.29, 1.82) is 0 Å². The zero-order chi connectivity index (χ0) is 18.6. The molecule has 1 N–H and O–H groups in total. The summed E-state index contributed by atoms with van der Waals surface area (Å²) < 4.78 is 5.56. The standard InChI is InChI=1S/C22H27N3O2/c1-27-21-9-5-4-8-19(21)20-14-23-11-13-24(20)16-22(26)25-12-10-17-6-2-3-7-18(17)15-25/h2-9,20,23H,10-16H2,1H3. The fraction of sp³-hybridized carbons (Fsp3) is 0.409. The molecule has 2 aromatic rings. The van der Waals surface area contributed by atoms with Gasteiger partial charge in [-0.15, -0.1) is 0 Å². The number of para-hydroxylation sites is 1. The molecule has 4 rings (SSSR count). The van der Waals surface area contributed by atoms with Gasteiger partial charge in [-0.2, -0.15) is 0 Å². The molecule has 2 aliphatic heterocycles. The highest BCUT2D eigenvalue weighted by Crippen LogP contribution is 2.30. The average Bonchev–Trinajstić information content (AvgIpc) is 2.73. The molecule has 1 unspecified atom stereocenters. The fourth-order valence-corrected chi connectivity index (χ4v) is 4.17. The van der Waals surface area contributed by atoms with Gasteiger partial charge in [-0.3, -0.25) is 9.69 Å². The maximum absolute atomic E-state index is 13.0. The summed E-state index contributed by atoms with van der Waals surface area (Å²) in [5.74, 6) is 1.10. The minimum atomic E-state index is 0.149. The summed E-state index contributed by atoms with van der Waals surface area (Å²) in [6, 6.07) is 16.7. The molecule has 142 valence electrons.